The topological polar surface area (TPSA) is 120 Å². The SMILES string of the molecule is CO[Si](CC[Si](C)(C)O[Si](C)(C)CCCOC(F)(CCC[Si](C)(C)O[Si](C)(C)CC[Si](OC)(OC)OC)CCC[Si](C)(C)O[Si](C)(C)CC[Si](OC)(OC)OC)(OC)OC. The normalized spacial score (nSPS) is 14.7. The monoisotopic (exact) mass is 1020 g/mol. The zero-order chi connectivity index (χ0) is 46.8. The van der Waals surface area contributed by atoms with Gasteiger partial charge >= 0.3 is 26.4 Å². The Labute approximate surface area is 377 Å². The Morgan fingerprint density at radius 3 is 0.767 bits per heavy atom. The molecule has 0 aromatic heterocycles. The molecule has 0 saturated heterocycles. The molecule has 0 unspecified atom stereocenters. The first kappa shape index (κ1) is 61.4. The zero-order valence-electron chi connectivity index (χ0n) is 42.3. The third-order valence-electron chi connectivity index (χ3n) is 11.5. The first-order valence-electron chi connectivity index (χ1n) is 21.8. The van der Waals surface area contributed by atoms with Crippen LogP contribution in [0.4, 0.5) is 4.39 Å². The van der Waals surface area contributed by atoms with Gasteiger partial charge < -0.3 is 56.9 Å². The number of ether oxygens (including phenoxy) is 1. The van der Waals surface area contributed by atoms with Crippen LogP contribution in [0.2, 0.25) is 133 Å². The molecule has 0 radical (unpaired) electrons. The molecule has 0 aliphatic carbocycles. The van der Waals surface area contributed by atoms with Crippen LogP contribution in [0, 0.1) is 0 Å². The molecule has 0 atom stereocenters. The molecule has 0 saturated carbocycles. The highest BCUT2D eigenvalue weighted by Gasteiger charge is 2.45. The Balaban J connectivity index is 5.80. The molecule has 23 heteroatoms. The van der Waals surface area contributed by atoms with Gasteiger partial charge in [0.05, 0.1) is 6.61 Å². The van der Waals surface area contributed by atoms with Crippen LogP contribution in [0.15, 0.2) is 0 Å². The van der Waals surface area contributed by atoms with Crippen LogP contribution in [-0.4, -0.2) is 153 Å². The fourth-order valence-electron chi connectivity index (χ4n) is 8.16. The predicted molar refractivity (Wildman–Crippen MR) is 265 cm³/mol. The first-order valence-corrected chi connectivity index (χ1v) is 46.3. The van der Waals surface area contributed by atoms with Gasteiger partial charge in [0.1, 0.15) is 0 Å². The summed E-state index contributed by atoms with van der Waals surface area (Å²) >= 11 is 0. The second-order valence-electron chi connectivity index (χ2n) is 19.8. The third kappa shape index (κ3) is 23.7. The van der Waals surface area contributed by atoms with Crippen molar-refractivity contribution in [3.8, 4) is 0 Å². The highest BCUT2D eigenvalue weighted by molar-refractivity contribution is 6.87. The van der Waals surface area contributed by atoms with E-state index in [2.05, 4.69) is 78.6 Å². The minimum absolute atomic E-state index is 0.337. The number of alkyl halides is 1. The Bertz CT molecular complexity index is 1100. The maximum Gasteiger partial charge on any atom is 0.499 e. The summed E-state index contributed by atoms with van der Waals surface area (Å²) in [4.78, 5) is 0. The van der Waals surface area contributed by atoms with Gasteiger partial charge in [-0.25, -0.2) is 4.39 Å². The Morgan fingerprint density at radius 2 is 0.533 bits per heavy atom. The van der Waals surface area contributed by atoms with Gasteiger partial charge in [0.25, 0.3) is 0 Å². The Hall–Kier alpha value is 1.36. The maximum absolute atomic E-state index is 17.2. The van der Waals surface area contributed by atoms with E-state index in [4.69, 9.17) is 56.9 Å². The van der Waals surface area contributed by atoms with Crippen molar-refractivity contribution in [1.82, 2.24) is 0 Å². The molecule has 0 rings (SSSR count). The average Bonchev–Trinajstić information content (AvgIpc) is 3.14. The van der Waals surface area contributed by atoms with Crippen molar-refractivity contribution in [2.24, 2.45) is 0 Å². The van der Waals surface area contributed by atoms with Gasteiger partial charge in [-0.15, -0.1) is 0 Å². The molecule has 0 aromatic carbocycles. The van der Waals surface area contributed by atoms with E-state index in [1.807, 2.05) is 0 Å². The van der Waals surface area contributed by atoms with Gasteiger partial charge in [0, 0.05) is 95.0 Å². The van der Waals surface area contributed by atoms with Gasteiger partial charge in [0.15, 0.2) is 49.9 Å². The van der Waals surface area contributed by atoms with Crippen LogP contribution in [0.1, 0.15) is 32.1 Å². The third-order valence-corrected chi connectivity index (χ3v) is 43.5. The zero-order valence-corrected chi connectivity index (χ0v) is 51.3. The van der Waals surface area contributed by atoms with Crippen LogP contribution in [-0.2, 0) is 56.9 Å². The van der Waals surface area contributed by atoms with E-state index in [9.17, 15) is 0 Å². The predicted octanol–water partition coefficient (Wildman–Crippen LogP) is 10.5. The summed E-state index contributed by atoms with van der Waals surface area (Å²) in [6.07, 6.45) is 2.83. The van der Waals surface area contributed by atoms with Crippen LogP contribution >= 0.6 is 0 Å². The van der Waals surface area contributed by atoms with Gasteiger partial charge in [0.2, 0.25) is 5.85 Å². The molecular weight excluding hydrogens is 924 g/mol. The molecule has 0 aliphatic rings. The summed E-state index contributed by atoms with van der Waals surface area (Å²) in [6, 6.07) is 7.36. The molecule has 0 bridgehead atoms. The van der Waals surface area contributed by atoms with Gasteiger partial charge in [-0.2, -0.15) is 0 Å². The summed E-state index contributed by atoms with van der Waals surface area (Å²) in [5.74, 6) is -1.73. The summed E-state index contributed by atoms with van der Waals surface area (Å²) in [7, 11) is -5.72. The van der Waals surface area contributed by atoms with Crippen molar-refractivity contribution in [2.45, 2.75) is 171 Å². The van der Waals surface area contributed by atoms with Crippen molar-refractivity contribution in [3.63, 3.8) is 0 Å². The number of hydrogen-bond acceptors (Lipinski definition) is 13. The van der Waals surface area contributed by atoms with Crippen LogP contribution in [0.3, 0.4) is 0 Å². The summed E-state index contributed by atoms with van der Waals surface area (Å²) in [5, 5.41) is 0. The van der Waals surface area contributed by atoms with E-state index in [0.717, 1.165) is 48.7 Å². The lowest BCUT2D eigenvalue weighted by Crippen LogP contribution is -2.48. The minimum atomic E-state index is -2.69. The molecule has 0 fully saturated rings. The number of halogens is 1. The molecule has 13 nitrogen and oxygen atoms in total. The Kier molecular flexibility index (Phi) is 27.2. The van der Waals surface area contributed by atoms with E-state index in [1.54, 1.807) is 64.0 Å². The molecule has 362 valence electrons. The minimum Gasteiger partial charge on any atom is -0.456 e. The fourth-order valence-corrected chi connectivity index (χ4v) is 45.8. The first-order chi connectivity index (χ1) is 27.4. The van der Waals surface area contributed by atoms with Crippen molar-refractivity contribution < 1.29 is 61.3 Å². The molecule has 0 heterocycles. The second kappa shape index (κ2) is 26.6. The van der Waals surface area contributed by atoms with Crippen LogP contribution < -0.4 is 0 Å². The van der Waals surface area contributed by atoms with Crippen molar-refractivity contribution in [3.05, 3.63) is 0 Å². The smallest absolute Gasteiger partial charge is 0.456 e. The molecular formula is C37H93FO13Si9. The van der Waals surface area contributed by atoms with E-state index >= 15 is 4.39 Å². The average molecular weight is 1020 g/mol. The fraction of sp³-hybridized carbons (Fsp3) is 1.00. The lowest BCUT2D eigenvalue weighted by Gasteiger charge is -2.37. The maximum atomic E-state index is 17.2. The molecule has 0 amide bonds. The van der Waals surface area contributed by atoms with E-state index < -0.39 is 82.2 Å². The lowest BCUT2D eigenvalue weighted by molar-refractivity contribution is -0.155. The summed E-state index contributed by atoms with van der Waals surface area (Å²) < 4.78 is 95.4. The highest BCUT2D eigenvalue weighted by Crippen LogP contribution is 2.35. The number of hydrogen-bond donors (Lipinski definition) is 0. The van der Waals surface area contributed by atoms with Crippen molar-refractivity contribution in [1.29, 1.82) is 0 Å². The summed E-state index contributed by atoms with van der Waals surface area (Å²) in [6.45, 7) is 27.4. The number of rotatable bonds is 37. The molecule has 0 N–H and O–H groups in total. The molecule has 0 aliphatic heterocycles. The highest BCUT2D eigenvalue weighted by atomic mass is 28.4. The second-order valence-corrected chi connectivity index (χ2v) is 55.6. The van der Waals surface area contributed by atoms with Gasteiger partial charge in [-0.1, -0.05) is 0 Å². The Morgan fingerprint density at radius 1 is 0.317 bits per heavy atom. The quantitative estimate of drug-likeness (QED) is 0.0434. The summed E-state index contributed by atoms with van der Waals surface area (Å²) in [5.41, 5.74) is 0. The van der Waals surface area contributed by atoms with Crippen molar-refractivity contribution >= 4 is 76.3 Å². The largest absolute Gasteiger partial charge is 0.499 e. The van der Waals surface area contributed by atoms with Gasteiger partial charge in [-0.3, -0.25) is 0 Å². The lowest BCUT2D eigenvalue weighted by atomic mass is 10.1. The standard InChI is InChI=1S/C37H93FO13Si9/c1-39-58(40-2,41-3)34-31-55(16,17)49-52(10,11)28-22-25-37(38,26-23-29-53(12,13)50-56(18,19)32-35-59(42-4,43-5)44-6)48-27-24-30-54(14,15)51-57(20,21)33-36-60(45-7,46-8)47-9/h22-36H2,1-21H3. The van der Waals surface area contributed by atoms with Crippen molar-refractivity contribution in [2.75, 3.05) is 70.6 Å². The van der Waals surface area contributed by atoms with Crippen LogP contribution in [0.5, 0.6) is 0 Å². The molecule has 60 heavy (non-hydrogen) atoms. The van der Waals surface area contributed by atoms with Crippen LogP contribution in [0.25, 0.3) is 0 Å². The van der Waals surface area contributed by atoms with Gasteiger partial charge in [-0.05, 0) is 134 Å². The van der Waals surface area contributed by atoms with E-state index in [0.29, 0.717) is 44.4 Å². The van der Waals surface area contributed by atoms with E-state index in [1.165, 1.54) is 0 Å². The van der Waals surface area contributed by atoms with E-state index in [-0.39, 0.29) is 0 Å². The molecule has 0 spiro atoms. The molecule has 0 aromatic rings.